The fourth-order valence-electron chi connectivity index (χ4n) is 1.76. The molecular formula is C14H21ClN2O2. The first-order valence-corrected chi connectivity index (χ1v) is 6.83. The van der Waals surface area contributed by atoms with Crippen LogP contribution in [0.5, 0.6) is 0 Å². The molecule has 2 N–H and O–H groups in total. The van der Waals surface area contributed by atoms with Gasteiger partial charge in [0.25, 0.3) is 0 Å². The van der Waals surface area contributed by atoms with Crippen LogP contribution in [0, 0.1) is 0 Å². The molecule has 106 valence electrons. The number of benzene rings is 1. The van der Waals surface area contributed by atoms with E-state index in [1.54, 1.807) is 6.92 Å². The monoisotopic (exact) mass is 284 g/mol. The second-order valence-electron chi connectivity index (χ2n) is 4.24. The summed E-state index contributed by atoms with van der Waals surface area (Å²) in [5.41, 5.74) is 7.56. The molecule has 0 atom stereocenters. The highest BCUT2D eigenvalue weighted by molar-refractivity contribution is 6.31. The second kappa shape index (κ2) is 8.15. The van der Waals surface area contributed by atoms with Gasteiger partial charge in [-0.2, -0.15) is 0 Å². The zero-order valence-corrected chi connectivity index (χ0v) is 12.2. The predicted octanol–water partition coefficient (Wildman–Crippen LogP) is 2.18. The van der Waals surface area contributed by atoms with Crippen LogP contribution in [0.15, 0.2) is 18.2 Å². The summed E-state index contributed by atoms with van der Waals surface area (Å²) < 4.78 is 4.95. The molecule has 0 aliphatic carbocycles. The van der Waals surface area contributed by atoms with Gasteiger partial charge in [0.2, 0.25) is 0 Å². The number of carbonyl (C=O) groups excluding carboxylic acids is 1. The Bertz CT molecular complexity index is 424. The molecule has 0 amide bonds. The largest absolute Gasteiger partial charge is 0.465 e. The molecule has 5 heteroatoms. The average Bonchev–Trinajstić information content (AvgIpc) is 2.40. The lowest BCUT2D eigenvalue weighted by atomic mass is 10.1. The molecule has 0 aliphatic heterocycles. The van der Waals surface area contributed by atoms with Gasteiger partial charge in [-0.3, -0.25) is 9.69 Å². The molecule has 0 saturated heterocycles. The number of carbonyl (C=O) groups is 1. The van der Waals surface area contributed by atoms with Crippen LogP contribution in [0.4, 0.5) is 0 Å². The Hall–Kier alpha value is -1.10. The van der Waals surface area contributed by atoms with Gasteiger partial charge in [0.1, 0.15) is 0 Å². The lowest BCUT2D eigenvalue weighted by Gasteiger charge is -2.20. The van der Waals surface area contributed by atoms with Crippen molar-refractivity contribution in [1.82, 2.24) is 4.90 Å². The summed E-state index contributed by atoms with van der Waals surface area (Å²) in [4.78, 5) is 13.5. The van der Waals surface area contributed by atoms with E-state index in [1.165, 1.54) is 0 Å². The lowest BCUT2D eigenvalue weighted by Crippen LogP contribution is -2.30. The Morgan fingerprint density at radius 2 is 2.16 bits per heavy atom. The van der Waals surface area contributed by atoms with Crippen molar-refractivity contribution in [3.63, 3.8) is 0 Å². The maximum Gasteiger partial charge on any atom is 0.320 e. The van der Waals surface area contributed by atoms with Crippen molar-refractivity contribution in [2.75, 3.05) is 19.7 Å². The number of ether oxygens (including phenoxy) is 1. The summed E-state index contributed by atoms with van der Waals surface area (Å²) in [5.74, 6) is -0.209. The van der Waals surface area contributed by atoms with E-state index in [9.17, 15) is 4.79 Å². The number of nitrogens with two attached hydrogens (primary N) is 1. The number of rotatable bonds is 7. The molecule has 0 bridgehead atoms. The first kappa shape index (κ1) is 16.0. The van der Waals surface area contributed by atoms with Gasteiger partial charge >= 0.3 is 5.97 Å². The van der Waals surface area contributed by atoms with E-state index in [2.05, 4.69) is 0 Å². The van der Waals surface area contributed by atoms with Crippen LogP contribution in [-0.2, 0) is 22.6 Å². The SMILES string of the molecule is CCOC(=O)CN(CC)Cc1ccc(CN)cc1Cl. The molecule has 0 aliphatic rings. The summed E-state index contributed by atoms with van der Waals surface area (Å²) in [6.07, 6.45) is 0. The van der Waals surface area contributed by atoms with Crippen molar-refractivity contribution in [3.8, 4) is 0 Å². The molecule has 19 heavy (non-hydrogen) atoms. The van der Waals surface area contributed by atoms with E-state index in [-0.39, 0.29) is 12.5 Å². The summed E-state index contributed by atoms with van der Waals surface area (Å²) in [7, 11) is 0. The normalized spacial score (nSPS) is 10.8. The maximum absolute atomic E-state index is 11.5. The number of esters is 1. The van der Waals surface area contributed by atoms with Crippen molar-refractivity contribution < 1.29 is 9.53 Å². The van der Waals surface area contributed by atoms with Crippen LogP contribution in [0.25, 0.3) is 0 Å². The van der Waals surface area contributed by atoms with Crippen LogP contribution < -0.4 is 5.73 Å². The Labute approximate surface area is 119 Å². The fourth-order valence-corrected chi connectivity index (χ4v) is 2.02. The van der Waals surface area contributed by atoms with Gasteiger partial charge in [0.15, 0.2) is 0 Å². The molecular weight excluding hydrogens is 264 g/mol. The molecule has 1 rings (SSSR count). The van der Waals surface area contributed by atoms with Gasteiger partial charge in [-0.05, 0) is 30.7 Å². The minimum Gasteiger partial charge on any atom is -0.465 e. The zero-order chi connectivity index (χ0) is 14.3. The van der Waals surface area contributed by atoms with Crippen molar-refractivity contribution in [1.29, 1.82) is 0 Å². The fraction of sp³-hybridized carbons (Fsp3) is 0.500. The second-order valence-corrected chi connectivity index (χ2v) is 4.65. The van der Waals surface area contributed by atoms with Crippen LogP contribution in [0.1, 0.15) is 25.0 Å². The van der Waals surface area contributed by atoms with E-state index in [1.807, 2.05) is 30.0 Å². The summed E-state index contributed by atoms with van der Waals surface area (Å²) in [5, 5.41) is 0.685. The van der Waals surface area contributed by atoms with E-state index in [0.29, 0.717) is 24.7 Å². The topological polar surface area (TPSA) is 55.6 Å². The van der Waals surface area contributed by atoms with Crippen LogP contribution in [0.3, 0.4) is 0 Å². The molecule has 0 saturated carbocycles. The van der Waals surface area contributed by atoms with Crippen molar-refractivity contribution in [3.05, 3.63) is 34.3 Å². The molecule has 0 radical (unpaired) electrons. The third-order valence-corrected chi connectivity index (χ3v) is 3.20. The van der Waals surface area contributed by atoms with Gasteiger partial charge in [-0.15, -0.1) is 0 Å². The molecule has 4 nitrogen and oxygen atoms in total. The quantitative estimate of drug-likeness (QED) is 0.780. The summed E-state index contributed by atoms with van der Waals surface area (Å²) >= 11 is 6.21. The van der Waals surface area contributed by atoms with Gasteiger partial charge in [0.05, 0.1) is 13.2 Å². The summed E-state index contributed by atoms with van der Waals surface area (Å²) in [6.45, 7) is 6.34. The zero-order valence-electron chi connectivity index (χ0n) is 11.5. The molecule has 0 fully saturated rings. The Kier molecular flexibility index (Phi) is 6.84. The third-order valence-electron chi connectivity index (χ3n) is 2.85. The number of halogens is 1. The van der Waals surface area contributed by atoms with Crippen LogP contribution in [-0.4, -0.2) is 30.6 Å². The number of likely N-dealkylation sites (N-methyl/N-ethyl adjacent to an activating group) is 1. The highest BCUT2D eigenvalue weighted by Crippen LogP contribution is 2.19. The Morgan fingerprint density at radius 1 is 1.42 bits per heavy atom. The van der Waals surface area contributed by atoms with Gasteiger partial charge in [0, 0.05) is 18.1 Å². The van der Waals surface area contributed by atoms with Crippen LogP contribution in [0.2, 0.25) is 5.02 Å². The Morgan fingerprint density at radius 3 is 2.68 bits per heavy atom. The number of nitrogens with zero attached hydrogens (tertiary/aromatic N) is 1. The highest BCUT2D eigenvalue weighted by Gasteiger charge is 2.12. The van der Waals surface area contributed by atoms with Crippen LogP contribution >= 0.6 is 11.6 Å². The van der Waals surface area contributed by atoms with E-state index in [0.717, 1.165) is 17.7 Å². The highest BCUT2D eigenvalue weighted by atomic mass is 35.5. The van der Waals surface area contributed by atoms with Gasteiger partial charge in [-0.1, -0.05) is 30.7 Å². The minimum absolute atomic E-state index is 0.209. The number of hydrogen-bond acceptors (Lipinski definition) is 4. The van der Waals surface area contributed by atoms with E-state index >= 15 is 0 Å². The molecule has 0 aromatic heterocycles. The maximum atomic E-state index is 11.5. The molecule has 0 unspecified atom stereocenters. The smallest absolute Gasteiger partial charge is 0.320 e. The molecule has 1 aromatic rings. The molecule has 0 spiro atoms. The molecule has 0 heterocycles. The standard InChI is InChI=1S/C14H21ClN2O2/c1-3-17(10-14(18)19-4-2)9-12-6-5-11(8-16)7-13(12)15/h5-7H,3-4,8-10,16H2,1-2H3. The minimum atomic E-state index is -0.209. The van der Waals surface area contributed by atoms with Crippen molar-refractivity contribution >= 4 is 17.6 Å². The predicted molar refractivity (Wildman–Crippen MR) is 76.9 cm³/mol. The first-order valence-electron chi connectivity index (χ1n) is 6.46. The van der Waals surface area contributed by atoms with E-state index in [4.69, 9.17) is 22.1 Å². The van der Waals surface area contributed by atoms with Crippen molar-refractivity contribution in [2.24, 2.45) is 5.73 Å². The van der Waals surface area contributed by atoms with Gasteiger partial charge in [-0.25, -0.2) is 0 Å². The Balaban J connectivity index is 2.67. The van der Waals surface area contributed by atoms with Gasteiger partial charge < -0.3 is 10.5 Å². The van der Waals surface area contributed by atoms with E-state index < -0.39 is 0 Å². The average molecular weight is 285 g/mol. The van der Waals surface area contributed by atoms with Crippen molar-refractivity contribution in [2.45, 2.75) is 26.9 Å². The number of hydrogen-bond donors (Lipinski definition) is 1. The lowest BCUT2D eigenvalue weighted by molar-refractivity contribution is -0.144. The third kappa shape index (κ3) is 5.19. The molecule has 1 aromatic carbocycles. The first-order chi connectivity index (χ1) is 9.10. The summed E-state index contributed by atoms with van der Waals surface area (Å²) in [6, 6.07) is 5.78.